The van der Waals surface area contributed by atoms with E-state index >= 15 is 0 Å². The lowest BCUT2D eigenvalue weighted by molar-refractivity contribution is -0.00699. The summed E-state index contributed by atoms with van der Waals surface area (Å²) in [5.74, 6) is 0.105. The van der Waals surface area contributed by atoms with Crippen LogP contribution in [0, 0.1) is 5.82 Å². The maximum atomic E-state index is 13.1. The second-order valence-electron chi connectivity index (χ2n) is 7.74. The maximum absolute atomic E-state index is 13.1. The van der Waals surface area contributed by atoms with Gasteiger partial charge in [0, 0.05) is 38.2 Å². The smallest absolute Gasteiger partial charge is 0.345 e. The largest absolute Gasteiger partial charge is 0.382 e. The molecule has 0 saturated carbocycles. The maximum Gasteiger partial charge on any atom is 0.345 e. The Bertz CT molecular complexity index is 917. The molecule has 1 N–H and O–H groups in total. The molecule has 0 atom stereocenters. The summed E-state index contributed by atoms with van der Waals surface area (Å²) in [5, 5.41) is 15.2. The number of ketones is 1. The molecule has 0 amide bonds. The van der Waals surface area contributed by atoms with E-state index < -0.39 is 11.4 Å². The molecule has 0 aliphatic carbocycles. The fourth-order valence-corrected chi connectivity index (χ4v) is 4.07. The summed E-state index contributed by atoms with van der Waals surface area (Å²) in [7, 11) is 0. The second-order valence-corrected chi connectivity index (χ2v) is 7.74. The molecule has 9 heteroatoms. The van der Waals surface area contributed by atoms with Crippen LogP contribution in [0.3, 0.4) is 0 Å². The van der Waals surface area contributed by atoms with E-state index in [-0.39, 0.29) is 23.9 Å². The number of benzene rings is 1. The topological polar surface area (TPSA) is 80.4 Å². The van der Waals surface area contributed by atoms with E-state index in [1.54, 1.807) is 4.57 Å². The minimum absolute atomic E-state index is 0. The number of aryl methyl sites for hydroxylation is 1. The van der Waals surface area contributed by atoms with E-state index in [0.717, 1.165) is 31.6 Å². The normalized spacial score (nSPS) is 18.7. The van der Waals surface area contributed by atoms with Gasteiger partial charge in [0.25, 0.3) is 0 Å². The van der Waals surface area contributed by atoms with Crippen molar-refractivity contribution in [2.75, 3.05) is 19.6 Å². The van der Waals surface area contributed by atoms with Crippen molar-refractivity contribution >= 4 is 18.2 Å². The van der Waals surface area contributed by atoms with Gasteiger partial charge in [-0.15, -0.1) is 12.4 Å². The Kier molecular flexibility index (Phi) is 6.55. The molecule has 1 aromatic heterocycles. The minimum Gasteiger partial charge on any atom is -0.382 e. The van der Waals surface area contributed by atoms with Gasteiger partial charge in [0.05, 0.1) is 6.54 Å². The summed E-state index contributed by atoms with van der Waals surface area (Å²) in [6.07, 6.45) is 3.58. The number of aromatic nitrogens is 3. The molecule has 2 aromatic rings. The quantitative estimate of drug-likeness (QED) is 0.738. The van der Waals surface area contributed by atoms with Gasteiger partial charge >= 0.3 is 5.69 Å². The van der Waals surface area contributed by atoms with Crippen LogP contribution in [0.25, 0.3) is 0 Å². The Labute approximate surface area is 174 Å². The predicted molar refractivity (Wildman–Crippen MR) is 108 cm³/mol. The van der Waals surface area contributed by atoms with E-state index in [0.29, 0.717) is 44.6 Å². The monoisotopic (exact) mass is 424 g/mol. The van der Waals surface area contributed by atoms with E-state index in [1.807, 2.05) is 0 Å². The summed E-state index contributed by atoms with van der Waals surface area (Å²) in [6, 6.07) is 5.28. The number of nitrogens with zero attached hydrogens (tertiary/aromatic N) is 4. The molecule has 0 bridgehead atoms. The standard InChI is InChI=1S/C20H25FN4O3.ClH/c21-16-6-4-15(5-7-16)18(26)20(28)8-11-23(12-9-20)13-14-25-19(27)24-10-2-1-3-17(24)22-25;/h4-7,28H,1-3,8-14H2;1H. The summed E-state index contributed by atoms with van der Waals surface area (Å²) >= 11 is 0. The van der Waals surface area contributed by atoms with Crippen molar-refractivity contribution in [3.05, 3.63) is 52.0 Å². The highest BCUT2D eigenvalue weighted by Gasteiger charge is 2.39. The number of aliphatic hydroxyl groups is 1. The van der Waals surface area contributed by atoms with E-state index in [2.05, 4.69) is 10.00 Å². The van der Waals surface area contributed by atoms with Crippen molar-refractivity contribution in [3.63, 3.8) is 0 Å². The zero-order valence-corrected chi connectivity index (χ0v) is 17.0. The van der Waals surface area contributed by atoms with Crippen molar-refractivity contribution in [3.8, 4) is 0 Å². The van der Waals surface area contributed by atoms with Gasteiger partial charge in [-0.3, -0.25) is 9.36 Å². The third kappa shape index (κ3) is 4.44. The lowest BCUT2D eigenvalue weighted by Crippen LogP contribution is -2.50. The second kappa shape index (κ2) is 8.77. The molecule has 1 aromatic carbocycles. The number of halogens is 2. The van der Waals surface area contributed by atoms with Crippen molar-refractivity contribution in [1.82, 2.24) is 19.2 Å². The third-order valence-electron chi connectivity index (χ3n) is 5.87. The molecule has 7 nitrogen and oxygen atoms in total. The van der Waals surface area contributed by atoms with Crippen LogP contribution < -0.4 is 5.69 Å². The van der Waals surface area contributed by atoms with Crippen LogP contribution in [0.2, 0.25) is 0 Å². The van der Waals surface area contributed by atoms with Crippen LogP contribution in [-0.2, 0) is 19.5 Å². The number of hydrogen-bond donors (Lipinski definition) is 1. The molecule has 3 heterocycles. The van der Waals surface area contributed by atoms with Gasteiger partial charge in [-0.1, -0.05) is 0 Å². The summed E-state index contributed by atoms with van der Waals surface area (Å²) in [6.45, 7) is 3.02. The Morgan fingerprint density at radius 2 is 1.79 bits per heavy atom. The van der Waals surface area contributed by atoms with Crippen LogP contribution in [0.15, 0.2) is 29.1 Å². The van der Waals surface area contributed by atoms with Crippen LogP contribution in [-0.4, -0.2) is 55.4 Å². The summed E-state index contributed by atoms with van der Waals surface area (Å²) in [4.78, 5) is 27.2. The molecule has 1 fully saturated rings. The molecule has 0 unspecified atom stereocenters. The van der Waals surface area contributed by atoms with Gasteiger partial charge in [-0.2, -0.15) is 5.10 Å². The molecule has 4 rings (SSSR count). The van der Waals surface area contributed by atoms with Crippen molar-refractivity contribution in [1.29, 1.82) is 0 Å². The lowest BCUT2D eigenvalue weighted by atomic mass is 9.84. The molecule has 2 aliphatic rings. The van der Waals surface area contributed by atoms with Gasteiger partial charge < -0.3 is 10.0 Å². The zero-order chi connectivity index (χ0) is 19.7. The molecule has 1 saturated heterocycles. The number of carbonyl (C=O) groups excluding carboxylic acids is 1. The highest BCUT2D eigenvalue weighted by Crippen LogP contribution is 2.26. The van der Waals surface area contributed by atoms with E-state index in [4.69, 9.17) is 0 Å². The van der Waals surface area contributed by atoms with Crippen LogP contribution >= 0.6 is 12.4 Å². The first-order valence-corrected chi connectivity index (χ1v) is 9.88. The van der Waals surface area contributed by atoms with E-state index in [9.17, 15) is 19.1 Å². The predicted octanol–water partition coefficient (Wildman–Crippen LogP) is 1.65. The van der Waals surface area contributed by atoms with E-state index in [1.165, 1.54) is 28.9 Å². The minimum atomic E-state index is -1.42. The van der Waals surface area contributed by atoms with Crippen molar-refractivity contribution < 1.29 is 14.3 Å². The molecular formula is C20H26ClFN4O3. The molecule has 2 aliphatic heterocycles. The first kappa shape index (κ1) is 21.7. The zero-order valence-electron chi connectivity index (χ0n) is 16.2. The van der Waals surface area contributed by atoms with Gasteiger partial charge in [-0.05, 0) is 49.9 Å². The Morgan fingerprint density at radius 3 is 2.45 bits per heavy atom. The van der Waals surface area contributed by atoms with Gasteiger partial charge in [0.15, 0.2) is 5.78 Å². The molecule has 158 valence electrons. The number of hydrogen-bond acceptors (Lipinski definition) is 5. The third-order valence-corrected chi connectivity index (χ3v) is 5.87. The average Bonchev–Trinajstić information content (AvgIpc) is 3.04. The molecule has 29 heavy (non-hydrogen) atoms. The number of piperidine rings is 1. The van der Waals surface area contributed by atoms with Crippen LogP contribution in [0.4, 0.5) is 4.39 Å². The molecular weight excluding hydrogens is 399 g/mol. The molecule has 0 spiro atoms. The first-order chi connectivity index (χ1) is 13.5. The van der Waals surface area contributed by atoms with Gasteiger partial charge in [0.1, 0.15) is 17.2 Å². The number of fused-ring (bicyclic) bond motifs is 1. The Balaban J connectivity index is 0.00000240. The fraction of sp³-hybridized carbons (Fsp3) is 0.550. The Hall–Kier alpha value is -2.03. The van der Waals surface area contributed by atoms with Crippen molar-refractivity contribution in [2.24, 2.45) is 0 Å². The number of rotatable bonds is 5. The summed E-state index contributed by atoms with van der Waals surface area (Å²) in [5.41, 5.74) is -1.14. The number of Topliss-reactive ketones (excluding diaryl/α,β-unsaturated/α-hetero) is 1. The van der Waals surface area contributed by atoms with Crippen LogP contribution in [0.1, 0.15) is 41.9 Å². The number of carbonyl (C=O) groups is 1. The highest BCUT2D eigenvalue weighted by molar-refractivity contribution is 6.02. The SMILES string of the molecule is Cl.O=C(c1ccc(F)cc1)C1(O)CCN(CCn2nc3n(c2=O)CCCC3)CC1. The highest BCUT2D eigenvalue weighted by atomic mass is 35.5. The average molecular weight is 425 g/mol. The lowest BCUT2D eigenvalue weighted by Gasteiger charge is -2.37. The van der Waals surface area contributed by atoms with Crippen molar-refractivity contribution in [2.45, 2.75) is 50.8 Å². The fourth-order valence-electron chi connectivity index (χ4n) is 4.07. The molecule has 0 radical (unpaired) electrons. The van der Waals surface area contributed by atoms with Crippen LogP contribution in [0.5, 0.6) is 0 Å². The van der Waals surface area contributed by atoms with Gasteiger partial charge in [-0.25, -0.2) is 13.9 Å². The Morgan fingerprint density at radius 1 is 1.10 bits per heavy atom. The first-order valence-electron chi connectivity index (χ1n) is 9.88. The summed E-state index contributed by atoms with van der Waals surface area (Å²) < 4.78 is 16.4. The number of likely N-dealkylation sites (tertiary alicyclic amines) is 1. The van der Waals surface area contributed by atoms with Gasteiger partial charge in [0.2, 0.25) is 0 Å².